The fourth-order valence-electron chi connectivity index (χ4n) is 2.84. The molecular formula is C20H20Cl2N2O2S. The van der Waals surface area contributed by atoms with E-state index >= 15 is 0 Å². The topological polar surface area (TPSA) is 41.6 Å². The maximum Gasteiger partial charge on any atom is 0.254 e. The third-order valence-corrected chi connectivity index (χ3v) is 6.43. The van der Waals surface area contributed by atoms with Gasteiger partial charge in [-0.15, -0.1) is 0 Å². The smallest absolute Gasteiger partial charge is 0.254 e. The second kappa shape index (κ2) is 9.02. The number of methoxy groups -OCH3 is 1. The Morgan fingerprint density at radius 3 is 2.52 bits per heavy atom. The van der Waals surface area contributed by atoms with E-state index in [0.29, 0.717) is 34.3 Å². The average Bonchev–Trinajstić information content (AvgIpc) is 2.71. The van der Waals surface area contributed by atoms with Gasteiger partial charge in [0.05, 0.1) is 22.1 Å². The molecular weight excluding hydrogens is 403 g/mol. The fraction of sp³-hybridized carbons (Fsp3) is 0.250. The van der Waals surface area contributed by atoms with Gasteiger partial charge in [0.1, 0.15) is 5.75 Å². The van der Waals surface area contributed by atoms with E-state index in [1.165, 1.54) is 11.8 Å². The van der Waals surface area contributed by atoms with Crippen LogP contribution in [0.15, 0.2) is 52.8 Å². The highest BCUT2D eigenvalue weighted by Gasteiger charge is 2.23. The van der Waals surface area contributed by atoms with Crippen molar-refractivity contribution in [3.63, 3.8) is 0 Å². The number of nitrogens with zero attached hydrogens (tertiary/aromatic N) is 1. The van der Waals surface area contributed by atoms with Crippen LogP contribution in [0.25, 0.3) is 5.57 Å². The monoisotopic (exact) mass is 422 g/mol. The van der Waals surface area contributed by atoms with Crippen molar-refractivity contribution in [3.05, 3.63) is 58.6 Å². The minimum atomic E-state index is -0.111. The normalized spacial score (nSPS) is 14.1. The number of nitrogens with one attached hydrogen (secondary N) is 1. The molecule has 0 aliphatic carbocycles. The van der Waals surface area contributed by atoms with E-state index in [2.05, 4.69) is 11.9 Å². The summed E-state index contributed by atoms with van der Waals surface area (Å²) in [7, 11) is 1.63. The lowest BCUT2D eigenvalue weighted by atomic mass is 10.1. The Balaban J connectivity index is 1.84. The zero-order valence-corrected chi connectivity index (χ0v) is 17.3. The van der Waals surface area contributed by atoms with Gasteiger partial charge in [0.25, 0.3) is 5.91 Å². The molecule has 0 unspecified atom stereocenters. The summed E-state index contributed by atoms with van der Waals surface area (Å²) in [5, 5.41) is 3.97. The summed E-state index contributed by atoms with van der Waals surface area (Å²) in [5.74, 6) is 0.650. The molecule has 1 heterocycles. The zero-order chi connectivity index (χ0) is 19.4. The first-order valence-corrected chi connectivity index (χ1v) is 10.1. The maximum atomic E-state index is 12.7. The van der Waals surface area contributed by atoms with E-state index in [-0.39, 0.29) is 5.91 Å². The van der Waals surface area contributed by atoms with Gasteiger partial charge >= 0.3 is 0 Å². The van der Waals surface area contributed by atoms with Crippen LogP contribution in [0.5, 0.6) is 5.75 Å². The van der Waals surface area contributed by atoms with Crippen molar-refractivity contribution >= 4 is 46.4 Å². The van der Waals surface area contributed by atoms with Crippen LogP contribution in [-0.2, 0) is 4.79 Å². The molecule has 142 valence electrons. The Kier molecular flexibility index (Phi) is 6.71. The lowest BCUT2D eigenvalue weighted by Crippen LogP contribution is -2.46. The van der Waals surface area contributed by atoms with Crippen LogP contribution in [0.3, 0.4) is 0 Å². The summed E-state index contributed by atoms with van der Waals surface area (Å²) in [4.78, 5) is 16.2. The van der Waals surface area contributed by atoms with Gasteiger partial charge in [-0.2, -0.15) is 0 Å². The second-order valence-electron chi connectivity index (χ2n) is 6.01. The molecule has 0 radical (unpaired) electrons. The predicted octanol–water partition coefficient (Wildman–Crippen LogP) is 4.60. The number of rotatable bonds is 5. The molecule has 0 saturated carbocycles. The molecule has 2 aromatic rings. The van der Waals surface area contributed by atoms with Crippen LogP contribution in [-0.4, -0.2) is 44.1 Å². The molecule has 7 heteroatoms. The molecule has 1 saturated heterocycles. The van der Waals surface area contributed by atoms with Gasteiger partial charge in [0.2, 0.25) is 0 Å². The van der Waals surface area contributed by atoms with Gasteiger partial charge in [-0.05, 0) is 18.2 Å². The van der Waals surface area contributed by atoms with E-state index in [9.17, 15) is 4.79 Å². The van der Waals surface area contributed by atoms with Crippen molar-refractivity contribution in [3.8, 4) is 5.75 Å². The Hall–Kier alpha value is -1.66. The van der Waals surface area contributed by atoms with Gasteiger partial charge in [0, 0.05) is 42.2 Å². The van der Waals surface area contributed by atoms with E-state index in [4.69, 9.17) is 27.9 Å². The van der Waals surface area contributed by atoms with Crippen molar-refractivity contribution in [1.82, 2.24) is 10.2 Å². The third-order valence-electron chi connectivity index (χ3n) is 4.32. The van der Waals surface area contributed by atoms with Gasteiger partial charge < -0.3 is 15.0 Å². The quantitative estimate of drug-likeness (QED) is 0.714. The minimum absolute atomic E-state index is 0.111. The summed E-state index contributed by atoms with van der Waals surface area (Å²) >= 11 is 14.5. The molecule has 1 N–H and O–H groups in total. The SMILES string of the molecule is C=C(C(=O)N1CCNCC1)c1ccc(Sc2ccccc2OC)c(Cl)c1Cl. The summed E-state index contributed by atoms with van der Waals surface area (Å²) in [6.07, 6.45) is 0. The number of amides is 1. The number of carbonyl (C=O) groups excluding carboxylic acids is 1. The number of piperazine rings is 1. The number of ether oxygens (including phenoxy) is 1. The molecule has 3 rings (SSSR count). The van der Waals surface area contributed by atoms with Gasteiger partial charge in [-0.1, -0.05) is 59.7 Å². The standard InChI is InChI=1S/C20H20Cl2N2O2S/c1-13(20(25)24-11-9-23-10-12-24)14-7-8-17(19(22)18(14)21)27-16-6-4-3-5-15(16)26-2/h3-8,23H,1,9-12H2,2H3. The molecule has 4 nitrogen and oxygen atoms in total. The van der Waals surface area contributed by atoms with E-state index in [0.717, 1.165) is 28.6 Å². The number of para-hydroxylation sites is 1. The van der Waals surface area contributed by atoms with Gasteiger partial charge in [-0.3, -0.25) is 4.79 Å². The predicted molar refractivity (Wildman–Crippen MR) is 112 cm³/mol. The largest absolute Gasteiger partial charge is 0.496 e. The summed E-state index contributed by atoms with van der Waals surface area (Å²) < 4.78 is 5.38. The van der Waals surface area contributed by atoms with Gasteiger partial charge in [0.15, 0.2) is 0 Å². The summed E-state index contributed by atoms with van der Waals surface area (Å²) in [6, 6.07) is 11.3. The average molecular weight is 423 g/mol. The van der Waals surface area contributed by atoms with Crippen molar-refractivity contribution in [1.29, 1.82) is 0 Å². The Labute approximate surface area is 173 Å². The number of halogens is 2. The van der Waals surface area contributed by atoms with Crippen LogP contribution < -0.4 is 10.1 Å². The van der Waals surface area contributed by atoms with E-state index < -0.39 is 0 Å². The van der Waals surface area contributed by atoms with Crippen LogP contribution in [0.4, 0.5) is 0 Å². The first kappa shape index (κ1) is 20.1. The molecule has 0 bridgehead atoms. The lowest BCUT2D eigenvalue weighted by molar-refractivity contribution is -0.125. The van der Waals surface area contributed by atoms with Gasteiger partial charge in [-0.25, -0.2) is 0 Å². The van der Waals surface area contributed by atoms with Crippen LogP contribution in [0.2, 0.25) is 10.0 Å². The van der Waals surface area contributed by atoms with Crippen LogP contribution in [0, 0.1) is 0 Å². The number of hydrogen-bond donors (Lipinski definition) is 1. The molecule has 2 aromatic carbocycles. The Morgan fingerprint density at radius 2 is 1.81 bits per heavy atom. The lowest BCUT2D eigenvalue weighted by Gasteiger charge is -2.28. The van der Waals surface area contributed by atoms with Crippen molar-refractivity contribution < 1.29 is 9.53 Å². The number of benzene rings is 2. The third kappa shape index (κ3) is 4.43. The Bertz CT molecular complexity index is 867. The van der Waals surface area contributed by atoms with E-state index in [1.807, 2.05) is 30.3 Å². The minimum Gasteiger partial charge on any atom is -0.496 e. The van der Waals surface area contributed by atoms with Crippen molar-refractivity contribution in [2.24, 2.45) is 0 Å². The highest BCUT2D eigenvalue weighted by molar-refractivity contribution is 7.99. The zero-order valence-electron chi connectivity index (χ0n) is 14.9. The second-order valence-corrected chi connectivity index (χ2v) is 7.85. The highest BCUT2D eigenvalue weighted by atomic mass is 35.5. The molecule has 1 fully saturated rings. The first-order valence-electron chi connectivity index (χ1n) is 8.51. The van der Waals surface area contributed by atoms with Crippen LogP contribution in [0.1, 0.15) is 5.56 Å². The molecule has 1 amide bonds. The molecule has 0 atom stereocenters. The Morgan fingerprint density at radius 1 is 1.11 bits per heavy atom. The fourth-order valence-corrected chi connectivity index (χ4v) is 4.42. The summed E-state index contributed by atoms with van der Waals surface area (Å²) in [5.41, 5.74) is 0.923. The van der Waals surface area contributed by atoms with Crippen molar-refractivity contribution in [2.45, 2.75) is 9.79 Å². The molecule has 1 aliphatic rings. The van der Waals surface area contributed by atoms with Crippen LogP contribution >= 0.6 is 35.0 Å². The van der Waals surface area contributed by atoms with Crippen molar-refractivity contribution in [2.75, 3.05) is 33.3 Å². The first-order chi connectivity index (χ1) is 13.0. The molecule has 27 heavy (non-hydrogen) atoms. The molecule has 1 aliphatic heterocycles. The van der Waals surface area contributed by atoms with E-state index in [1.54, 1.807) is 18.1 Å². The molecule has 0 spiro atoms. The number of hydrogen-bond acceptors (Lipinski definition) is 4. The maximum absolute atomic E-state index is 12.7. The highest BCUT2D eigenvalue weighted by Crippen LogP contribution is 2.43. The number of carbonyl (C=O) groups is 1. The molecule has 0 aromatic heterocycles. The summed E-state index contributed by atoms with van der Waals surface area (Å²) in [6.45, 7) is 6.84.